The van der Waals surface area contributed by atoms with E-state index in [0.29, 0.717) is 18.1 Å². The van der Waals surface area contributed by atoms with Crippen LogP contribution in [0.5, 0.6) is 0 Å². The molecule has 1 N–H and O–H groups in total. The Morgan fingerprint density at radius 3 is 2.60 bits per heavy atom. The maximum atomic E-state index is 13.7. The lowest BCUT2D eigenvalue weighted by atomic mass is 9.96. The molecule has 3 rings (SSSR count). The Kier molecular flexibility index (Phi) is 4.18. The summed E-state index contributed by atoms with van der Waals surface area (Å²) in [6.45, 7) is 3.30. The van der Waals surface area contributed by atoms with Gasteiger partial charge in [0.1, 0.15) is 5.82 Å². The third-order valence-corrected chi connectivity index (χ3v) is 4.92. The first kappa shape index (κ1) is 14.2. The molecule has 110 valence electrons. The number of benzene rings is 1. The van der Waals surface area contributed by atoms with Crippen LogP contribution in [0.1, 0.15) is 39.0 Å². The molecule has 1 aromatic carbocycles. The molecule has 2 atom stereocenters. The number of hydrogen-bond donors (Lipinski definition) is 1. The summed E-state index contributed by atoms with van der Waals surface area (Å²) >= 11 is 5.78. The molecule has 20 heavy (non-hydrogen) atoms. The van der Waals surface area contributed by atoms with Crippen LogP contribution in [0.4, 0.5) is 10.1 Å². The fourth-order valence-corrected chi connectivity index (χ4v) is 3.88. The van der Waals surface area contributed by atoms with Crippen LogP contribution in [0.3, 0.4) is 0 Å². The molecule has 0 aliphatic carbocycles. The highest BCUT2D eigenvalue weighted by Crippen LogP contribution is 2.40. The first-order valence-electron chi connectivity index (χ1n) is 7.65. The van der Waals surface area contributed by atoms with E-state index in [1.54, 1.807) is 12.1 Å². The smallest absolute Gasteiger partial charge is 0.143 e. The van der Waals surface area contributed by atoms with Gasteiger partial charge in [-0.25, -0.2) is 4.39 Å². The Labute approximate surface area is 125 Å². The maximum Gasteiger partial charge on any atom is 0.143 e. The molecule has 2 nitrogen and oxygen atoms in total. The van der Waals surface area contributed by atoms with Crippen molar-refractivity contribution in [3.05, 3.63) is 29.0 Å². The highest BCUT2D eigenvalue weighted by molar-refractivity contribution is 6.30. The van der Waals surface area contributed by atoms with Gasteiger partial charge in [0.2, 0.25) is 0 Å². The van der Waals surface area contributed by atoms with Crippen LogP contribution < -0.4 is 10.2 Å². The third kappa shape index (κ3) is 2.66. The summed E-state index contributed by atoms with van der Waals surface area (Å²) in [4.78, 5) is 2.42. The Bertz CT molecular complexity index is 466. The Morgan fingerprint density at radius 1 is 1.30 bits per heavy atom. The summed E-state index contributed by atoms with van der Waals surface area (Å²) in [7, 11) is 0. The van der Waals surface area contributed by atoms with Gasteiger partial charge in [-0.05, 0) is 56.8 Å². The molecular formula is C16H22ClFN2. The molecule has 2 heterocycles. The van der Waals surface area contributed by atoms with E-state index in [0.717, 1.165) is 12.2 Å². The van der Waals surface area contributed by atoms with Crippen molar-refractivity contribution in [3.8, 4) is 0 Å². The van der Waals surface area contributed by atoms with Crippen molar-refractivity contribution >= 4 is 17.3 Å². The van der Waals surface area contributed by atoms with Crippen LogP contribution in [0.25, 0.3) is 0 Å². The normalized spacial score (nSPS) is 28.9. The van der Waals surface area contributed by atoms with Crippen LogP contribution in [0.15, 0.2) is 18.2 Å². The van der Waals surface area contributed by atoms with Gasteiger partial charge in [-0.3, -0.25) is 0 Å². The second-order valence-corrected chi connectivity index (χ2v) is 6.42. The number of fused-ring (bicyclic) bond motifs is 2. The highest BCUT2D eigenvalue weighted by Gasteiger charge is 2.40. The standard InChI is InChI=1S/C16H22ClFN2/c1-2-7-19-11-8-12-3-4-13(9-11)20(12)14-5-6-15(17)16(18)10-14/h5-6,10-13,19H,2-4,7-9H2,1H3. The van der Waals surface area contributed by atoms with Crippen LogP contribution >= 0.6 is 11.6 Å². The molecule has 2 saturated heterocycles. The maximum absolute atomic E-state index is 13.7. The second-order valence-electron chi connectivity index (χ2n) is 6.01. The van der Waals surface area contributed by atoms with Crippen molar-refractivity contribution in [2.75, 3.05) is 11.4 Å². The van der Waals surface area contributed by atoms with Gasteiger partial charge in [-0.2, -0.15) is 0 Å². The molecule has 0 radical (unpaired) electrons. The summed E-state index contributed by atoms with van der Waals surface area (Å²) in [5, 5.41) is 3.85. The van der Waals surface area contributed by atoms with Gasteiger partial charge in [0, 0.05) is 23.8 Å². The summed E-state index contributed by atoms with van der Waals surface area (Å²) < 4.78 is 13.7. The van der Waals surface area contributed by atoms with Gasteiger partial charge >= 0.3 is 0 Å². The number of anilines is 1. The molecule has 0 spiro atoms. The van der Waals surface area contributed by atoms with Gasteiger partial charge in [0.05, 0.1) is 5.02 Å². The number of nitrogens with zero attached hydrogens (tertiary/aromatic N) is 1. The molecular weight excluding hydrogens is 275 g/mol. The van der Waals surface area contributed by atoms with E-state index in [4.69, 9.17) is 11.6 Å². The Hall–Kier alpha value is -0.800. The average molecular weight is 297 g/mol. The zero-order valence-electron chi connectivity index (χ0n) is 11.9. The van der Waals surface area contributed by atoms with E-state index in [1.807, 2.05) is 6.07 Å². The topological polar surface area (TPSA) is 15.3 Å². The lowest BCUT2D eigenvalue weighted by molar-refractivity contribution is 0.356. The zero-order chi connectivity index (χ0) is 14.1. The quantitative estimate of drug-likeness (QED) is 0.904. The SMILES string of the molecule is CCCNC1CC2CCC(C1)N2c1ccc(Cl)c(F)c1. The van der Waals surface area contributed by atoms with E-state index in [9.17, 15) is 4.39 Å². The number of nitrogens with one attached hydrogen (secondary N) is 1. The van der Waals surface area contributed by atoms with Crippen LogP contribution in [0.2, 0.25) is 5.02 Å². The van der Waals surface area contributed by atoms with E-state index in [2.05, 4.69) is 17.1 Å². The second kappa shape index (κ2) is 5.90. The van der Waals surface area contributed by atoms with Crippen molar-refractivity contribution in [1.29, 1.82) is 0 Å². The Morgan fingerprint density at radius 2 is 2.00 bits per heavy atom. The minimum atomic E-state index is -0.310. The van der Waals surface area contributed by atoms with Crippen molar-refractivity contribution in [2.24, 2.45) is 0 Å². The molecule has 0 amide bonds. The predicted octanol–water partition coefficient (Wildman–Crippen LogP) is 3.98. The third-order valence-electron chi connectivity index (χ3n) is 4.62. The fourth-order valence-electron chi connectivity index (χ4n) is 3.76. The van der Waals surface area contributed by atoms with Crippen molar-refractivity contribution in [3.63, 3.8) is 0 Å². The molecule has 2 bridgehead atoms. The zero-order valence-corrected chi connectivity index (χ0v) is 12.7. The number of piperidine rings is 1. The summed E-state index contributed by atoms with van der Waals surface area (Å²) in [6, 6.07) is 6.94. The van der Waals surface area contributed by atoms with Gasteiger partial charge in [-0.1, -0.05) is 18.5 Å². The van der Waals surface area contributed by atoms with Gasteiger partial charge < -0.3 is 10.2 Å². The predicted molar refractivity (Wildman–Crippen MR) is 82.0 cm³/mol. The molecule has 1 aromatic rings. The molecule has 2 unspecified atom stereocenters. The molecule has 0 aromatic heterocycles. The average Bonchev–Trinajstić information content (AvgIpc) is 2.71. The summed E-state index contributed by atoms with van der Waals surface area (Å²) in [5.41, 5.74) is 0.994. The van der Waals surface area contributed by atoms with Crippen LogP contribution in [-0.2, 0) is 0 Å². The van der Waals surface area contributed by atoms with Gasteiger partial charge in [0.25, 0.3) is 0 Å². The molecule has 2 aliphatic heterocycles. The minimum absolute atomic E-state index is 0.209. The van der Waals surface area contributed by atoms with Gasteiger partial charge in [0.15, 0.2) is 0 Å². The van der Waals surface area contributed by atoms with Crippen molar-refractivity contribution in [2.45, 2.75) is 57.2 Å². The van der Waals surface area contributed by atoms with Gasteiger partial charge in [-0.15, -0.1) is 0 Å². The number of hydrogen-bond acceptors (Lipinski definition) is 2. The van der Waals surface area contributed by atoms with Crippen molar-refractivity contribution < 1.29 is 4.39 Å². The Balaban J connectivity index is 1.74. The number of rotatable bonds is 4. The molecule has 4 heteroatoms. The highest BCUT2D eigenvalue weighted by atomic mass is 35.5. The van der Waals surface area contributed by atoms with Crippen molar-refractivity contribution in [1.82, 2.24) is 5.32 Å². The van der Waals surface area contributed by atoms with E-state index in [1.165, 1.54) is 32.1 Å². The minimum Gasteiger partial charge on any atom is -0.365 e. The van der Waals surface area contributed by atoms with E-state index < -0.39 is 0 Å². The fraction of sp³-hybridized carbons (Fsp3) is 0.625. The largest absolute Gasteiger partial charge is 0.365 e. The van der Waals surface area contributed by atoms with E-state index in [-0.39, 0.29) is 10.8 Å². The first-order chi connectivity index (χ1) is 9.69. The van der Waals surface area contributed by atoms with Crippen LogP contribution in [-0.4, -0.2) is 24.7 Å². The van der Waals surface area contributed by atoms with Crippen LogP contribution in [0, 0.1) is 5.82 Å². The summed E-state index contributed by atoms with van der Waals surface area (Å²) in [6.07, 6.45) is 5.96. The molecule has 0 saturated carbocycles. The summed E-state index contributed by atoms with van der Waals surface area (Å²) in [5.74, 6) is -0.310. The number of halogens is 2. The lowest BCUT2D eigenvalue weighted by Crippen LogP contribution is -2.49. The molecule has 2 aliphatic rings. The molecule has 2 fully saturated rings. The first-order valence-corrected chi connectivity index (χ1v) is 8.03. The monoisotopic (exact) mass is 296 g/mol. The van der Waals surface area contributed by atoms with E-state index >= 15 is 0 Å². The lowest BCUT2D eigenvalue weighted by Gasteiger charge is -2.41.